The molecule has 3 N–H and O–H groups in total. The van der Waals surface area contributed by atoms with Gasteiger partial charge < -0.3 is 10.2 Å². The lowest BCUT2D eigenvalue weighted by Crippen LogP contribution is -2.35. The third-order valence-corrected chi connectivity index (χ3v) is 3.49. The highest BCUT2D eigenvalue weighted by Gasteiger charge is 2.12. The van der Waals surface area contributed by atoms with Crippen molar-refractivity contribution in [2.24, 2.45) is 5.14 Å². The van der Waals surface area contributed by atoms with Gasteiger partial charge in [0, 0.05) is 18.8 Å². The van der Waals surface area contributed by atoms with E-state index in [2.05, 4.69) is 11.9 Å². The van der Waals surface area contributed by atoms with Gasteiger partial charge in [-0.25, -0.2) is 18.4 Å². The van der Waals surface area contributed by atoms with E-state index in [0.717, 1.165) is 5.57 Å². The quantitative estimate of drug-likeness (QED) is 0.811. The first kappa shape index (κ1) is 16.2. The summed E-state index contributed by atoms with van der Waals surface area (Å²) in [7, 11) is -3.72. The van der Waals surface area contributed by atoms with Gasteiger partial charge in [0.25, 0.3) is 0 Å². The second kappa shape index (κ2) is 6.53. The van der Waals surface area contributed by atoms with Crippen LogP contribution in [0.25, 0.3) is 0 Å². The Morgan fingerprint density at radius 2 is 1.90 bits per heavy atom. The number of urea groups is 1. The number of carbonyl (C=O) groups is 1. The number of likely N-dealkylation sites (N-methyl/N-ethyl adjacent to an activating group) is 1. The molecule has 1 rings (SSSR count). The molecule has 0 aliphatic heterocycles. The predicted octanol–water partition coefficient (Wildman–Crippen LogP) is 1.76. The highest BCUT2D eigenvalue weighted by Crippen LogP contribution is 2.13. The number of benzene rings is 1. The molecule has 20 heavy (non-hydrogen) atoms. The number of hydrogen-bond acceptors (Lipinski definition) is 3. The lowest BCUT2D eigenvalue weighted by Gasteiger charge is -2.21. The Bertz CT molecular complexity index is 594. The van der Waals surface area contributed by atoms with E-state index >= 15 is 0 Å². The maximum absolute atomic E-state index is 12.0. The molecular weight excluding hydrogens is 278 g/mol. The maximum atomic E-state index is 12.0. The van der Waals surface area contributed by atoms with E-state index in [1.807, 2.05) is 13.8 Å². The molecule has 0 unspecified atom stereocenters. The molecule has 110 valence electrons. The van der Waals surface area contributed by atoms with Crippen LogP contribution in [-0.4, -0.2) is 32.4 Å². The molecule has 0 heterocycles. The van der Waals surface area contributed by atoms with E-state index in [-0.39, 0.29) is 10.9 Å². The van der Waals surface area contributed by atoms with Gasteiger partial charge in [0.05, 0.1) is 4.90 Å². The minimum absolute atomic E-state index is 0.00443. The molecule has 0 radical (unpaired) electrons. The number of rotatable bonds is 5. The maximum Gasteiger partial charge on any atom is 0.322 e. The number of carbonyl (C=O) groups excluding carboxylic acids is 1. The monoisotopic (exact) mass is 297 g/mol. The molecule has 0 aliphatic rings. The summed E-state index contributed by atoms with van der Waals surface area (Å²) in [5.74, 6) is 0. The number of nitrogens with zero attached hydrogens (tertiary/aromatic N) is 1. The average molecular weight is 297 g/mol. The summed E-state index contributed by atoms with van der Waals surface area (Å²) in [6.45, 7) is 8.50. The fraction of sp³-hybridized carbons (Fsp3) is 0.308. The molecule has 0 bridgehead atoms. The lowest BCUT2D eigenvalue weighted by atomic mass is 10.3. The van der Waals surface area contributed by atoms with Crippen molar-refractivity contribution in [3.8, 4) is 0 Å². The van der Waals surface area contributed by atoms with E-state index in [4.69, 9.17) is 5.14 Å². The Balaban J connectivity index is 2.78. The molecule has 0 spiro atoms. The SMILES string of the molecule is C=C(C)CN(CC)C(=O)Nc1ccc(S(N)(=O)=O)cc1. The summed E-state index contributed by atoms with van der Waals surface area (Å²) in [4.78, 5) is 13.6. The number of nitrogens with two attached hydrogens (primary N) is 1. The van der Waals surface area contributed by atoms with Crippen LogP contribution in [0.2, 0.25) is 0 Å². The first-order valence-electron chi connectivity index (χ1n) is 6.07. The zero-order valence-electron chi connectivity index (χ0n) is 11.6. The van der Waals surface area contributed by atoms with Crippen molar-refractivity contribution in [3.05, 3.63) is 36.4 Å². The fourth-order valence-electron chi connectivity index (χ4n) is 1.58. The molecule has 1 aromatic rings. The molecule has 0 fully saturated rings. The molecular formula is C13H19N3O3S. The number of primary sulfonamides is 1. The Hall–Kier alpha value is -1.86. The standard InChI is InChI=1S/C13H19N3O3S/c1-4-16(9-10(2)3)13(17)15-11-5-7-12(8-6-11)20(14,18)19/h5-8H,2,4,9H2,1,3H3,(H,15,17)(H2,14,18,19). The van der Waals surface area contributed by atoms with Crippen LogP contribution in [0, 0.1) is 0 Å². The second-order valence-electron chi connectivity index (χ2n) is 4.47. The summed E-state index contributed by atoms with van der Waals surface area (Å²) in [6.07, 6.45) is 0. The van der Waals surface area contributed by atoms with Gasteiger partial charge in [0.1, 0.15) is 0 Å². The van der Waals surface area contributed by atoms with Crippen molar-refractivity contribution in [1.82, 2.24) is 4.90 Å². The summed E-state index contributed by atoms with van der Waals surface area (Å²) >= 11 is 0. The molecule has 0 saturated heterocycles. The summed E-state index contributed by atoms with van der Waals surface area (Å²) < 4.78 is 22.2. The molecule has 0 aromatic heterocycles. The number of hydrogen-bond donors (Lipinski definition) is 2. The third-order valence-electron chi connectivity index (χ3n) is 2.56. The smallest absolute Gasteiger partial charge is 0.321 e. The van der Waals surface area contributed by atoms with Gasteiger partial charge in [0.2, 0.25) is 10.0 Å². The first-order valence-corrected chi connectivity index (χ1v) is 7.62. The molecule has 7 heteroatoms. The Morgan fingerprint density at radius 3 is 2.30 bits per heavy atom. The van der Waals surface area contributed by atoms with E-state index in [1.54, 1.807) is 4.90 Å². The molecule has 2 amide bonds. The van der Waals surface area contributed by atoms with Gasteiger partial charge in [0.15, 0.2) is 0 Å². The topological polar surface area (TPSA) is 92.5 Å². The Kier molecular flexibility index (Phi) is 5.29. The van der Waals surface area contributed by atoms with E-state index in [9.17, 15) is 13.2 Å². The number of nitrogens with one attached hydrogen (secondary N) is 1. The van der Waals surface area contributed by atoms with Crippen molar-refractivity contribution in [2.45, 2.75) is 18.7 Å². The minimum atomic E-state index is -3.72. The fourth-order valence-corrected chi connectivity index (χ4v) is 2.10. The summed E-state index contributed by atoms with van der Waals surface area (Å²) in [5, 5.41) is 7.69. The van der Waals surface area contributed by atoms with Crippen LogP contribution in [0.3, 0.4) is 0 Å². The van der Waals surface area contributed by atoms with Crippen LogP contribution in [0.1, 0.15) is 13.8 Å². The summed E-state index contributed by atoms with van der Waals surface area (Å²) in [5.41, 5.74) is 1.38. The zero-order valence-corrected chi connectivity index (χ0v) is 12.4. The van der Waals surface area contributed by atoms with Crippen LogP contribution < -0.4 is 10.5 Å². The first-order chi connectivity index (χ1) is 9.24. The van der Waals surface area contributed by atoms with Crippen LogP contribution in [-0.2, 0) is 10.0 Å². The normalized spacial score (nSPS) is 10.9. The number of sulfonamides is 1. The van der Waals surface area contributed by atoms with E-state index in [1.165, 1.54) is 24.3 Å². The van der Waals surface area contributed by atoms with Crippen molar-refractivity contribution in [1.29, 1.82) is 0 Å². The molecule has 6 nitrogen and oxygen atoms in total. The third kappa shape index (κ3) is 4.67. The van der Waals surface area contributed by atoms with Gasteiger partial charge in [-0.3, -0.25) is 0 Å². The van der Waals surface area contributed by atoms with Crippen LogP contribution >= 0.6 is 0 Å². The lowest BCUT2D eigenvalue weighted by molar-refractivity contribution is 0.218. The minimum Gasteiger partial charge on any atom is -0.321 e. The Labute approximate surface area is 119 Å². The second-order valence-corrected chi connectivity index (χ2v) is 6.03. The van der Waals surface area contributed by atoms with E-state index in [0.29, 0.717) is 18.8 Å². The van der Waals surface area contributed by atoms with Gasteiger partial charge in [-0.05, 0) is 38.1 Å². The van der Waals surface area contributed by atoms with Gasteiger partial charge >= 0.3 is 6.03 Å². The highest BCUT2D eigenvalue weighted by molar-refractivity contribution is 7.89. The average Bonchev–Trinajstić information content (AvgIpc) is 2.35. The molecule has 0 aliphatic carbocycles. The van der Waals surface area contributed by atoms with Gasteiger partial charge in [-0.2, -0.15) is 0 Å². The van der Waals surface area contributed by atoms with Crippen molar-refractivity contribution in [2.75, 3.05) is 18.4 Å². The van der Waals surface area contributed by atoms with Crippen molar-refractivity contribution >= 4 is 21.7 Å². The van der Waals surface area contributed by atoms with E-state index < -0.39 is 10.0 Å². The van der Waals surface area contributed by atoms with Crippen molar-refractivity contribution < 1.29 is 13.2 Å². The largest absolute Gasteiger partial charge is 0.322 e. The van der Waals surface area contributed by atoms with Crippen LogP contribution in [0.4, 0.5) is 10.5 Å². The zero-order chi connectivity index (χ0) is 15.3. The molecule has 0 saturated carbocycles. The molecule has 1 aromatic carbocycles. The van der Waals surface area contributed by atoms with Crippen LogP contribution in [0.15, 0.2) is 41.3 Å². The Morgan fingerprint density at radius 1 is 1.35 bits per heavy atom. The highest BCUT2D eigenvalue weighted by atomic mass is 32.2. The van der Waals surface area contributed by atoms with Crippen molar-refractivity contribution in [3.63, 3.8) is 0 Å². The predicted molar refractivity (Wildman–Crippen MR) is 78.9 cm³/mol. The summed E-state index contributed by atoms with van der Waals surface area (Å²) in [6, 6.07) is 5.41. The number of amides is 2. The molecule has 0 atom stereocenters. The van der Waals surface area contributed by atoms with Crippen LogP contribution in [0.5, 0.6) is 0 Å². The van der Waals surface area contributed by atoms with Gasteiger partial charge in [-0.1, -0.05) is 12.2 Å². The van der Waals surface area contributed by atoms with Gasteiger partial charge in [-0.15, -0.1) is 0 Å². The number of anilines is 1.